The molecule has 0 atom stereocenters. The Balaban J connectivity index is 1.64. The van der Waals surface area contributed by atoms with Crippen molar-refractivity contribution in [2.75, 3.05) is 13.1 Å². The zero-order chi connectivity index (χ0) is 21.9. The van der Waals surface area contributed by atoms with Crippen molar-refractivity contribution in [2.45, 2.75) is 50.5 Å². The number of rotatable bonds is 5. The number of amides is 1. The standard InChI is InChI=1S/C23H29FN2O3S/c1-23(2,3)19-9-5-7-11-21(19)30(28,29)26-14-12-17(13-15-26)22(27)25-16-18-8-4-6-10-20(18)24/h4-11,17H,12-16H2,1-3H3,(H,25,27). The number of halogens is 1. The Labute approximate surface area is 178 Å². The highest BCUT2D eigenvalue weighted by Crippen LogP contribution is 2.32. The Morgan fingerprint density at radius 3 is 2.30 bits per heavy atom. The zero-order valence-corrected chi connectivity index (χ0v) is 18.5. The molecule has 1 amide bonds. The maximum absolute atomic E-state index is 13.7. The second kappa shape index (κ2) is 8.86. The fraction of sp³-hybridized carbons (Fsp3) is 0.435. The van der Waals surface area contributed by atoms with Crippen molar-refractivity contribution in [1.29, 1.82) is 0 Å². The highest BCUT2D eigenvalue weighted by atomic mass is 32.2. The van der Waals surface area contributed by atoms with Crippen LogP contribution in [-0.2, 0) is 26.8 Å². The predicted molar refractivity (Wildman–Crippen MR) is 115 cm³/mol. The van der Waals surface area contributed by atoms with Crippen LogP contribution in [0.25, 0.3) is 0 Å². The number of hydrogen-bond donors (Lipinski definition) is 1. The summed E-state index contributed by atoms with van der Waals surface area (Å²) in [7, 11) is -3.63. The minimum absolute atomic E-state index is 0.128. The molecule has 5 nitrogen and oxygen atoms in total. The fourth-order valence-corrected chi connectivity index (χ4v) is 5.65. The number of nitrogens with zero attached hydrogens (tertiary/aromatic N) is 1. The van der Waals surface area contributed by atoms with Crippen molar-refractivity contribution in [3.05, 3.63) is 65.5 Å². The summed E-state index contributed by atoms with van der Waals surface area (Å²) in [6.07, 6.45) is 0.889. The number of carbonyl (C=O) groups excluding carboxylic acids is 1. The molecule has 0 unspecified atom stereocenters. The van der Waals surface area contributed by atoms with E-state index in [1.165, 1.54) is 10.4 Å². The average Bonchev–Trinajstić information content (AvgIpc) is 2.72. The Morgan fingerprint density at radius 2 is 1.67 bits per heavy atom. The quantitative estimate of drug-likeness (QED) is 0.781. The molecule has 0 spiro atoms. The molecule has 1 fully saturated rings. The van der Waals surface area contributed by atoms with Crippen molar-refractivity contribution >= 4 is 15.9 Å². The van der Waals surface area contributed by atoms with Gasteiger partial charge in [-0.1, -0.05) is 57.2 Å². The smallest absolute Gasteiger partial charge is 0.243 e. The van der Waals surface area contributed by atoms with E-state index in [9.17, 15) is 17.6 Å². The Hall–Kier alpha value is -2.25. The molecule has 1 N–H and O–H groups in total. The lowest BCUT2D eigenvalue weighted by Gasteiger charge is -2.32. The molecular weight excluding hydrogens is 403 g/mol. The Bertz CT molecular complexity index is 1010. The molecule has 1 saturated heterocycles. The van der Waals surface area contributed by atoms with Gasteiger partial charge in [-0.25, -0.2) is 12.8 Å². The highest BCUT2D eigenvalue weighted by Gasteiger charge is 2.34. The molecule has 30 heavy (non-hydrogen) atoms. The van der Waals surface area contributed by atoms with Gasteiger partial charge in [0.2, 0.25) is 15.9 Å². The molecule has 1 heterocycles. The van der Waals surface area contributed by atoms with E-state index in [-0.39, 0.29) is 29.6 Å². The summed E-state index contributed by atoms with van der Waals surface area (Å²) in [5, 5.41) is 2.78. The zero-order valence-electron chi connectivity index (χ0n) is 17.7. The first-order valence-corrected chi connectivity index (χ1v) is 11.7. The maximum atomic E-state index is 13.7. The first kappa shape index (κ1) is 22.4. The second-order valence-electron chi connectivity index (χ2n) is 8.73. The minimum atomic E-state index is -3.63. The van der Waals surface area contributed by atoms with E-state index in [1.54, 1.807) is 30.3 Å². The van der Waals surface area contributed by atoms with Crippen molar-refractivity contribution in [3.63, 3.8) is 0 Å². The molecule has 0 radical (unpaired) electrons. The van der Waals surface area contributed by atoms with Crippen LogP contribution in [0.15, 0.2) is 53.4 Å². The SMILES string of the molecule is CC(C)(C)c1ccccc1S(=O)(=O)N1CCC(C(=O)NCc2ccccc2F)CC1. The Morgan fingerprint density at radius 1 is 1.07 bits per heavy atom. The van der Waals surface area contributed by atoms with Gasteiger partial charge in [0.15, 0.2) is 0 Å². The van der Waals surface area contributed by atoms with Crippen LogP contribution in [0.1, 0.15) is 44.7 Å². The van der Waals surface area contributed by atoms with Crippen LogP contribution in [-0.4, -0.2) is 31.7 Å². The highest BCUT2D eigenvalue weighted by molar-refractivity contribution is 7.89. The topological polar surface area (TPSA) is 66.5 Å². The molecule has 0 aromatic heterocycles. The van der Waals surface area contributed by atoms with Gasteiger partial charge < -0.3 is 5.32 Å². The molecule has 7 heteroatoms. The van der Waals surface area contributed by atoms with Crippen LogP contribution in [0.5, 0.6) is 0 Å². The van der Waals surface area contributed by atoms with Gasteiger partial charge in [-0.3, -0.25) is 4.79 Å². The largest absolute Gasteiger partial charge is 0.352 e. The molecule has 0 aliphatic carbocycles. The van der Waals surface area contributed by atoms with E-state index < -0.39 is 10.0 Å². The molecule has 3 rings (SSSR count). The fourth-order valence-electron chi connectivity index (χ4n) is 3.78. The summed E-state index contributed by atoms with van der Waals surface area (Å²) < 4.78 is 41.7. The lowest BCUT2D eigenvalue weighted by atomic mass is 9.87. The molecule has 162 valence electrons. The molecular formula is C23H29FN2O3S. The van der Waals surface area contributed by atoms with E-state index in [2.05, 4.69) is 5.32 Å². The van der Waals surface area contributed by atoms with Gasteiger partial charge in [0.05, 0.1) is 4.90 Å². The van der Waals surface area contributed by atoms with Gasteiger partial charge >= 0.3 is 0 Å². The van der Waals surface area contributed by atoms with Crippen molar-refractivity contribution in [3.8, 4) is 0 Å². The molecule has 0 bridgehead atoms. The molecule has 2 aromatic carbocycles. The van der Waals surface area contributed by atoms with Gasteiger partial charge in [0.25, 0.3) is 0 Å². The number of piperidine rings is 1. The van der Waals surface area contributed by atoms with Crippen LogP contribution in [0, 0.1) is 11.7 Å². The van der Waals surface area contributed by atoms with Gasteiger partial charge in [-0.05, 0) is 36.0 Å². The first-order chi connectivity index (χ1) is 14.1. The van der Waals surface area contributed by atoms with Crippen LogP contribution < -0.4 is 5.32 Å². The summed E-state index contributed by atoms with van der Waals surface area (Å²) in [6.45, 7) is 6.69. The van der Waals surface area contributed by atoms with E-state index >= 15 is 0 Å². The monoisotopic (exact) mass is 432 g/mol. The van der Waals surface area contributed by atoms with E-state index in [1.807, 2.05) is 32.9 Å². The Kier molecular flexibility index (Phi) is 6.62. The summed E-state index contributed by atoms with van der Waals surface area (Å²) in [5.41, 5.74) is 0.925. The van der Waals surface area contributed by atoms with E-state index in [0.717, 1.165) is 5.56 Å². The normalized spacial score (nSPS) is 16.4. The number of sulfonamides is 1. The average molecular weight is 433 g/mol. The van der Waals surface area contributed by atoms with Gasteiger partial charge in [0, 0.05) is 31.1 Å². The van der Waals surface area contributed by atoms with E-state index in [0.29, 0.717) is 36.4 Å². The van der Waals surface area contributed by atoms with Crippen LogP contribution >= 0.6 is 0 Å². The first-order valence-electron chi connectivity index (χ1n) is 10.2. The van der Waals surface area contributed by atoms with Crippen LogP contribution in [0.4, 0.5) is 4.39 Å². The third kappa shape index (κ3) is 4.90. The van der Waals surface area contributed by atoms with Crippen molar-refractivity contribution in [1.82, 2.24) is 9.62 Å². The van der Waals surface area contributed by atoms with Crippen molar-refractivity contribution in [2.24, 2.45) is 5.92 Å². The third-order valence-electron chi connectivity index (χ3n) is 5.55. The summed E-state index contributed by atoms with van der Waals surface area (Å²) in [6, 6.07) is 13.4. The van der Waals surface area contributed by atoms with Gasteiger partial charge in [-0.2, -0.15) is 4.31 Å². The number of hydrogen-bond acceptors (Lipinski definition) is 3. The summed E-state index contributed by atoms with van der Waals surface area (Å²) in [4.78, 5) is 12.8. The van der Waals surface area contributed by atoms with Crippen LogP contribution in [0.3, 0.4) is 0 Å². The van der Waals surface area contributed by atoms with Gasteiger partial charge in [-0.15, -0.1) is 0 Å². The molecule has 0 saturated carbocycles. The number of benzene rings is 2. The molecule has 1 aliphatic heterocycles. The summed E-state index contributed by atoms with van der Waals surface area (Å²) in [5.74, 6) is -0.789. The third-order valence-corrected chi connectivity index (χ3v) is 7.51. The van der Waals surface area contributed by atoms with Crippen molar-refractivity contribution < 1.29 is 17.6 Å². The lowest BCUT2D eigenvalue weighted by molar-refractivity contribution is -0.126. The number of carbonyl (C=O) groups is 1. The van der Waals surface area contributed by atoms with E-state index in [4.69, 9.17) is 0 Å². The lowest BCUT2D eigenvalue weighted by Crippen LogP contribution is -2.43. The van der Waals surface area contributed by atoms with Gasteiger partial charge in [0.1, 0.15) is 5.82 Å². The molecule has 1 aliphatic rings. The predicted octanol–water partition coefficient (Wildman–Crippen LogP) is 3.84. The summed E-state index contributed by atoms with van der Waals surface area (Å²) >= 11 is 0. The van der Waals surface area contributed by atoms with Crippen LogP contribution in [0.2, 0.25) is 0 Å². The molecule has 2 aromatic rings. The maximum Gasteiger partial charge on any atom is 0.243 e. The number of nitrogens with one attached hydrogen (secondary N) is 1. The minimum Gasteiger partial charge on any atom is -0.352 e. The second-order valence-corrected chi connectivity index (χ2v) is 10.6.